The minimum absolute atomic E-state index is 0.174. The average Bonchev–Trinajstić information content (AvgIpc) is 2.52. The Kier molecular flexibility index (Phi) is 5.96. The van der Waals surface area contributed by atoms with Crippen LogP contribution in [0.25, 0.3) is 0 Å². The fraction of sp³-hybridized carbons (Fsp3) is 0.929. The van der Waals surface area contributed by atoms with Gasteiger partial charge >= 0.3 is 0 Å². The van der Waals surface area contributed by atoms with Crippen molar-refractivity contribution in [1.29, 1.82) is 5.41 Å². The van der Waals surface area contributed by atoms with Crippen LogP contribution in [0.3, 0.4) is 0 Å². The van der Waals surface area contributed by atoms with Gasteiger partial charge in [0.15, 0.2) is 0 Å². The maximum Gasteiger partial charge on any atom is 0.0963 e. The highest BCUT2D eigenvalue weighted by Gasteiger charge is 2.21. The first kappa shape index (κ1) is 14.5. The molecule has 100 valence electrons. The Bertz CT molecular complexity index is 230. The van der Waals surface area contributed by atoms with Gasteiger partial charge in [-0.3, -0.25) is 5.41 Å². The van der Waals surface area contributed by atoms with Crippen molar-refractivity contribution < 1.29 is 4.74 Å². The molecule has 1 aliphatic carbocycles. The topological polar surface area (TPSA) is 59.1 Å². The molecule has 0 amide bonds. The Morgan fingerprint density at radius 3 is 2.35 bits per heavy atom. The fourth-order valence-corrected chi connectivity index (χ4v) is 2.31. The summed E-state index contributed by atoms with van der Waals surface area (Å²) in [4.78, 5) is 0. The number of hydrogen-bond acceptors (Lipinski definition) is 2. The van der Waals surface area contributed by atoms with Crippen molar-refractivity contribution in [3.63, 3.8) is 0 Å². The van der Waals surface area contributed by atoms with Crippen LogP contribution in [0, 0.1) is 10.8 Å². The Balaban J connectivity index is 2.12. The molecule has 1 fully saturated rings. The minimum atomic E-state index is -0.174. The second kappa shape index (κ2) is 7.00. The standard InChI is InChI=1S/C14H28N2O/c1-14(2,13(15)16)10-7-11-17-12-8-5-3-4-6-9-12/h12H,3-11H2,1-2H3,(H3,15,16). The van der Waals surface area contributed by atoms with Gasteiger partial charge < -0.3 is 10.5 Å². The van der Waals surface area contributed by atoms with Gasteiger partial charge in [0, 0.05) is 12.0 Å². The molecule has 0 heterocycles. The van der Waals surface area contributed by atoms with Crippen LogP contribution in [0.4, 0.5) is 0 Å². The normalized spacial score (nSPS) is 18.9. The van der Waals surface area contributed by atoms with Crippen molar-refractivity contribution in [3.8, 4) is 0 Å². The molecule has 0 aromatic carbocycles. The van der Waals surface area contributed by atoms with Crippen LogP contribution in [0.1, 0.15) is 65.2 Å². The minimum Gasteiger partial charge on any atom is -0.387 e. The van der Waals surface area contributed by atoms with Crippen molar-refractivity contribution in [2.45, 2.75) is 71.3 Å². The zero-order valence-electron chi connectivity index (χ0n) is 11.4. The van der Waals surface area contributed by atoms with E-state index in [0.29, 0.717) is 6.10 Å². The van der Waals surface area contributed by atoms with Gasteiger partial charge in [0.25, 0.3) is 0 Å². The van der Waals surface area contributed by atoms with E-state index in [1.54, 1.807) is 0 Å². The summed E-state index contributed by atoms with van der Waals surface area (Å²) >= 11 is 0. The summed E-state index contributed by atoms with van der Waals surface area (Å²) in [7, 11) is 0. The molecule has 0 saturated heterocycles. The quantitative estimate of drug-likeness (QED) is 0.323. The van der Waals surface area contributed by atoms with Crippen LogP contribution < -0.4 is 5.73 Å². The SMILES string of the molecule is CC(C)(CCCOC1CCCCCC1)C(=N)N. The lowest BCUT2D eigenvalue weighted by Gasteiger charge is -2.23. The molecule has 17 heavy (non-hydrogen) atoms. The van der Waals surface area contributed by atoms with Crippen LogP contribution in [-0.2, 0) is 4.74 Å². The van der Waals surface area contributed by atoms with Crippen LogP contribution in [0.2, 0.25) is 0 Å². The van der Waals surface area contributed by atoms with Gasteiger partial charge in [0.05, 0.1) is 11.9 Å². The Morgan fingerprint density at radius 1 is 1.24 bits per heavy atom. The van der Waals surface area contributed by atoms with E-state index in [-0.39, 0.29) is 11.3 Å². The number of nitrogens with one attached hydrogen (secondary N) is 1. The van der Waals surface area contributed by atoms with E-state index >= 15 is 0 Å². The molecule has 0 bridgehead atoms. The molecule has 1 rings (SSSR count). The van der Waals surface area contributed by atoms with Gasteiger partial charge in [0.1, 0.15) is 0 Å². The first-order chi connectivity index (χ1) is 8.02. The maximum absolute atomic E-state index is 7.49. The first-order valence-electron chi connectivity index (χ1n) is 6.98. The number of hydrogen-bond donors (Lipinski definition) is 2. The molecule has 1 saturated carbocycles. The van der Waals surface area contributed by atoms with Crippen LogP contribution in [-0.4, -0.2) is 18.5 Å². The summed E-state index contributed by atoms with van der Waals surface area (Å²) in [5.41, 5.74) is 5.38. The molecule has 0 aromatic heterocycles. The number of amidine groups is 1. The Morgan fingerprint density at radius 2 is 1.82 bits per heavy atom. The molecule has 0 aliphatic heterocycles. The second-order valence-corrected chi connectivity index (χ2v) is 5.89. The maximum atomic E-state index is 7.49. The zero-order chi connectivity index (χ0) is 12.7. The molecule has 1 aliphatic rings. The van der Waals surface area contributed by atoms with E-state index < -0.39 is 0 Å². The third kappa shape index (κ3) is 5.53. The lowest BCUT2D eigenvalue weighted by Crippen LogP contribution is -2.31. The van der Waals surface area contributed by atoms with E-state index in [2.05, 4.69) is 0 Å². The van der Waals surface area contributed by atoms with Crippen LogP contribution in [0.15, 0.2) is 0 Å². The Labute approximate surface area is 106 Å². The van der Waals surface area contributed by atoms with E-state index in [1.807, 2.05) is 13.8 Å². The van der Waals surface area contributed by atoms with E-state index in [1.165, 1.54) is 38.5 Å². The number of nitrogens with two attached hydrogens (primary N) is 1. The number of rotatable bonds is 6. The van der Waals surface area contributed by atoms with E-state index in [0.717, 1.165) is 19.4 Å². The smallest absolute Gasteiger partial charge is 0.0963 e. The highest BCUT2D eigenvalue weighted by atomic mass is 16.5. The van der Waals surface area contributed by atoms with Crippen molar-refractivity contribution in [2.24, 2.45) is 11.1 Å². The molecule has 0 radical (unpaired) electrons. The van der Waals surface area contributed by atoms with E-state index in [9.17, 15) is 0 Å². The van der Waals surface area contributed by atoms with Crippen LogP contribution >= 0.6 is 0 Å². The van der Waals surface area contributed by atoms with Gasteiger partial charge in [-0.2, -0.15) is 0 Å². The molecule has 0 spiro atoms. The molecule has 3 nitrogen and oxygen atoms in total. The third-order valence-electron chi connectivity index (χ3n) is 3.83. The molecule has 3 heteroatoms. The van der Waals surface area contributed by atoms with Crippen molar-refractivity contribution in [3.05, 3.63) is 0 Å². The first-order valence-corrected chi connectivity index (χ1v) is 6.98. The zero-order valence-corrected chi connectivity index (χ0v) is 11.4. The fourth-order valence-electron chi connectivity index (χ4n) is 2.31. The van der Waals surface area contributed by atoms with Crippen LogP contribution in [0.5, 0.6) is 0 Å². The molecule has 3 N–H and O–H groups in total. The third-order valence-corrected chi connectivity index (χ3v) is 3.83. The van der Waals surface area contributed by atoms with Gasteiger partial charge in [-0.05, 0) is 25.7 Å². The van der Waals surface area contributed by atoms with Gasteiger partial charge in [-0.25, -0.2) is 0 Å². The van der Waals surface area contributed by atoms with E-state index in [4.69, 9.17) is 15.9 Å². The summed E-state index contributed by atoms with van der Waals surface area (Å²) in [5.74, 6) is 0.284. The van der Waals surface area contributed by atoms with Crippen molar-refractivity contribution in [1.82, 2.24) is 0 Å². The van der Waals surface area contributed by atoms with Gasteiger partial charge in [-0.15, -0.1) is 0 Å². The van der Waals surface area contributed by atoms with Crippen molar-refractivity contribution >= 4 is 5.84 Å². The summed E-state index contributed by atoms with van der Waals surface area (Å²) in [6, 6.07) is 0. The largest absolute Gasteiger partial charge is 0.387 e. The van der Waals surface area contributed by atoms with Gasteiger partial charge in [-0.1, -0.05) is 39.5 Å². The highest BCUT2D eigenvalue weighted by molar-refractivity contribution is 5.82. The molecule has 0 unspecified atom stereocenters. The average molecular weight is 240 g/mol. The molecule has 0 aromatic rings. The predicted molar refractivity (Wildman–Crippen MR) is 72.4 cm³/mol. The predicted octanol–water partition coefficient (Wildman–Crippen LogP) is 3.47. The summed E-state index contributed by atoms with van der Waals surface area (Å²) in [6.07, 6.45) is 10.3. The Hall–Kier alpha value is -0.570. The summed E-state index contributed by atoms with van der Waals surface area (Å²) < 4.78 is 5.93. The van der Waals surface area contributed by atoms with Crippen molar-refractivity contribution in [2.75, 3.05) is 6.61 Å². The lowest BCUT2D eigenvalue weighted by molar-refractivity contribution is 0.0386. The molecule has 0 atom stereocenters. The second-order valence-electron chi connectivity index (χ2n) is 5.89. The summed E-state index contributed by atoms with van der Waals surface area (Å²) in [6.45, 7) is 4.88. The lowest BCUT2D eigenvalue weighted by atomic mass is 9.87. The summed E-state index contributed by atoms with van der Waals surface area (Å²) in [5, 5.41) is 7.49. The molecular formula is C14H28N2O. The monoisotopic (exact) mass is 240 g/mol. The van der Waals surface area contributed by atoms with Gasteiger partial charge in [0.2, 0.25) is 0 Å². The molecular weight excluding hydrogens is 212 g/mol. The number of ether oxygens (including phenoxy) is 1. The highest BCUT2D eigenvalue weighted by Crippen LogP contribution is 2.23.